The van der Waals surface area contributed by atoms with E-state index in [1.807, 2.05) is 60.6 Å². The Labute approximate surface area is 184 Å². The maximum atomic E-state index is 11.2. The molecule has 0 aliphatic rings. The van der Waals surface area contributed by atoms with E-state index in [0.717, 1.165) is 33.4 Å². The molecule has 4 rings (SSSR count). The van der Waals surface area contributed by atoms with Crippen LogP contribution < -0.4 is 4.90 Å². The molecule has 30 heavy (non-hydrogen) atoms. The Kier molecular flexibility index (Phi) is 5.71. The van der Waals surface area contributed by atoms with Crippen LogP contribution in [-0.4, -0.2) is 22.7 Å². The number of rotatable bonds is 6. The zero-order chi connectivity index (χ0) is 21.3. The molecule has 4 aromatic rings. The first kappa shape index (κ1) is 20.3. The Morgan fingerprint density at radius 3 is 2.50 bits per heavy atom. The van der Waals surface area contributed by atoms with Gasteiger partial charge in [0, 0.05) is 41.4 Å². The summed E-state index contributed by atoms with van der Waals surface area (Å²) in [6.45, 7) is 0.655. The average Bonchev–Trinajstić information content (AvgIpc) is 3.06. The van der Waals surface area contributed by atoms with Crippen LogP contribution in [0.3, 0.4) is 0 Å². The molecule has 6 heteroatoms. The first-order valence-electron chi connectivity index (χ1n) is 9.48. The standard InChI is InChI=1S/C24H20Cl2N2O2/c1-27(23-13-18(25)8-11-21(23)26)19-9-6-16(7-10-19)14-28-15-17(12-24(29)30)20-4-2-3-5-22(20)28/h2-11,13,15H,12,14H2,1H3,(H,29,30). The van der Waals surface area contributed by atoms with Gasteiger partial charge in [-0.3, -0.25) is 4.79 Å². The van der Waals surface area contributed by atoms with Crippen LogP contribution in [0.25, 0.3) is 10.9 Å². The van der Waals surface area contributed by atoms with Crippen LogP contribution in [0, 0.1) is 0 Å². The van der Waals surface area contributed by atoms with Crippen molar-refractivity contribution in [2.45, 2.75) is 13.0 Å². The summed E-state index contributed by atoms with van der Waals surface area (Å²) in [7, 11) is 1.95. The summed E-state index contributed by atoms with van der Waals surface area (Å²) < 4.78 is 2.10. The second-order valence-corrected chi connectivity index (χ2v) is 8.03. The SMILES string of the molecule is CN(c1ccc(Cn2cc(CC(=O)O)c3ccccc32)cc1)c1cc(Cl)ccc1Cl. The van der Waals surface area contributed by atoms with Crippen LogP contribution in [-0.2, 0) is 17.8 Å². The van der Waals surface area contributed by atoms with E-state index in [1.54, 1.807) is 12.1 Å². The predicted molar refractivity (Wildman–Crippen MR) is 123 cm³/mol. The fraction of sp³-hybridized carbons (Fsp3) is 0.125. The first-order valence-corrected chi connectivity index (χ1v) is 10.2. The number of hydrogen-bond donors (Lipinski definition) is 1. The molecule has 0 spiro atoms. The van der Waals surface area contributed by atoms with Gasteiger partial charge in [-0.25, -0.2) is 0 Å². The molecule has 0 amide bonds. The number of para-hydroxylation sites is 1. The molecular weight excluding hydrogens is 419 g/mol. The smallest absolute Gasteiger partial charge is 0.307 e. The summed E-state index contributed by atoms with van der Waals surface area (Å²) in [6.07, 6.45) is 1.95. The van der Waals surface area contributed by atoms with Crippen LogP contribution in [0.5, 0.6) is 0 Å². The van der Waals surface area contributed by atoms with E-state index in [4.69, 9.17) is 23.2 Å². The molecule has 0 saturated carbocycles. The number of aromatic nitrogens is 1. The lowest BCUT2D eigenvalue weighted by Gasteiger charge is -2.21. The number of nitrogens with zero attached hydrogens (tertiary/aromatic N) is 2. The van der Waals surface area contributed by atoms with Crippen LogP contribution in [0.4, 0.5) is 11.4 Å². The highest BCUT2D eigenvalue weighted by atomic mass is 35.5. The fourth-order valence-corrected chi connectivity index (χ4v) is 4.07. The Bertz CT molecular complexity index is 1220. The minimum Gasteiger partial charge on any atom is -0.481 e. The molecular formula is C24H20Cl2N2O2. The monoisotopic (exact) mass is 438 g/mol. The van der Waals surface area contributed by atoms with Gasteiger partial charge >= 0.3 is 5.97 Å². The van der Waals surface area contributed by atoms with Gasteiger partial charge in [0.25, 0.3) is 0 Å². The van der Waals surface area contributed by atoms with E-state index >= 15 is 0 Å². The molecule has 1 aromatic heterocycles. The molecule has 0 saturated heterocycles. The number of anilines is 2. The fourth-order valence-electron chi connectivity index (χ4n) is 3.66. The third-order valence-electron chi connectivity index (χ3n) is 5.16. The van der Waals surface area contributed by atoms with Crippen molar-refractivity contribution < 1.29 is 9.90 Å². The van der Waals surface area contributed by atoms with Crippen LogP contribution in [0.15, 0.2) is 72.9 Å². The van der Waals surface area contributed by atoms with Crippen molar-refractivity contribution in [2.24, 2.45) is 0 Å². The highest BCUT2D eigenvalue weighted by Crippen LogP contribution is 2.33. The van der Waals surface area contributed by atoms with Crippen molar-refractivity contribution in [3.63, 3.8) is 0 Å². The summed E-state index contributed by atoms with van der Waals surface area (Å²) in [5.74, 6) is -0.829. The quantitative estimate of drug-likeness (QED) is 0.379. The predicted octanol–water partition coefficient (Wildman–Crippen LogP) is 6.39. The van der Waals surface area contributed by atoms with Gasteiger partial charge in [-0.1, -0.05) is 53.5 Å². The Hall–Kier alpha value is -2.95. The molecule has 4 nitrogen and oxygen atoms in total. The third kappa shape index (κ3) is 4.16. The molecule has 0 unspecified atom stereocenters. The third-order valence-corrected chi connectivity index (χ3v) is 5.71. The zero-order valence-corrected chi connectivity index (χ0v) is 17.9. The van der Waals surface area contributed by atoms with E-state index in [1.165, 1.54) is 0 Å². The number of aliphatic carboxylic acids is 1. The van der Waals surface area contributed by atoms with Crippen LogP contribution in [0.2, 0.25) is 10.0 Å². The maximum absolute atomic E-state index is 11.2. The number of carboxylic acids is 1. The second-order valence-electron chi connectivity index (χ2n) is 7.19. The normalized spacial score (nSPS) is 11.0. The van der Waals surface area contributed by atoms with Gasteiger partial charge in [0.15, 0.2) is 0 Å². The topological polar surface area (TPSA) is 45.5 Å². The van der Waals surface area contributed by atoms with Crippen molar-refractivity contribution >= 4 is 51.4 Å². The number of carboxylic acid groups (broad SMARTS) is 1. The molecule has 3 aromatic carbocycles. The largest absolute Gasteiger partial charge is 0.481 e. The molecule has 0 atom stereocenters. The molecule has 0 radical (unpaired) electrons. The first-order chi connectivity index (χ1) is 14.4. The molecule has 0 bridgehead atoms. The van der Waals surface area contributed by atoms with E-state index in [9.17, 15) is 9.90 Å². The van der Waals surface area contributed by atoms with Gasteiger partial charge in [0.1, 0.15) is 0 Å². The van der Waals surface area contributed by atoms with E-state index in [-0.39, 0.29) is 6.42 Å². The zero-order valence-electron chi connectivity index (χ0n) is 16.3. The maximum Gasteiger partial charge on any atom is 0.307 e. The van der Waals surface area contributed by atoms with Crippen molar-refractivity contribution in [1.82, 2.24) is 4.57 Å². The minimum absolute atomic E-state index is 0.0115. The summed E-state index contributed by atoms with van der Waals surface area (Å²) in [5, 5.41) is 11.5. The molecule has 1 heterocycles. The summed E-state index contributed by atoms with van der Waals surface area (Å²) >= 11 is 12.4. The Balaban J connectivity index is 1.60. The van der Waals surface area contributed by atoms with Crippen LogP contribution in [0.1, 0.15) is 11.1 Å². The van der Waals surface area contributed by atoms with Gasteiger partial charge in [0.05, 0.1) is 17.1 Å². The van der Waals surface area contributed by atoms with E-state index < -0.39 is 5.97 Å². The van der Waals surface area contributed by atoms with Crippen LogP contribution >= 0.6 is 23.2 Å². The molecule has 1 N–H and O–H groups in total. The number of carbonyl (C=O) groups is 1. The Morgan fingerprint density at radius 2 is 1.77 bits per heavy atom. The summed E-state index contributed by atoms with van der Waals surface area (Å²) in [5.41, 5.74) is 4.80. The Morgan fingerprint density at radius 1 is 1.03 bits per heavy atom. The number of halogens is 2. The lowest BCUT2D eigenvalue weighted by molar-refractivity contribution is -0.136. The van der Waals surface area contributed by atoms with E-state index in [2.05, 4.69) is 16.7 Å². The van der Waals surface area contributed by atoms with Gasteiger partial charge < -0.3 is 14.6 Å². The number of hydrogen-bond acceptors (Lipinski definition) is 2. The van der Waals surface area contributed by atoms with E-state index in [0.29, 0.717) is 16.6 Å². The van der Waals surface area contributed by atoms with Crippen molar-refractivity contribution in [3.05, 3.63) is 94.1 Å². The average molecular weight is 439 g/mol. The van der Waals surface area contributed by atoms with Crippen molar-refractivity contribution in [1.29, 1.82) is 0 Å². The molecule has 0 aliphatic carbocycles. The molecule has 0 aliphatic heterocycles. The lowest BCUT2D eigenvalue weighted by Crippen LogP contribution is -2.10. The van der Waals surface area contributed by atoms with Gasteiger partial charge in [-0.2, -0.15) is 0 Å². The highest BCUT2D eigenvalue weighted by Gasteiger charge is 2.12. The summed E-state index contributed by atoms with van der Waals surface area (Å²) in [4.78, 5) is 13.2. The number of fused-ring (bicyclic) bond motifs is 1. The van der Waals surface area contributed by atoms with Crippen molar-refractivity contribution in [2.75, 3.05) is 11.9 Å². The van der Waals surface area contributed by atoms with Gasteiger partial charge in [0.2, 0.25) is 0 Å². The van der Waals surface area contributed by atoms with Gasteiger partial charge in [-0.05, 0) is 47.5 Å². The number of benzene rings is 3. The minimum atomic E-state index is -0.829. The second kappa shape index (κ2) is 8.42. The molecule has 152 valence electrons. The molecule has 0 fully saturated rings. The lowest BCUT2D eigenvalue weighted by atomic mass is 10.1. The van der Waals surface area contributed by atoms with Crippen molar-refractivity contribution in [3.8, 4) is 0 Å². The highest BCUT2D eigenvalue weighted by molar-refractivity contribution is 6.35. The van der Waals surface area contributed by atoms with Gasteiger partial charge in [-0.15, -0.1) is 0 Å². The summed E-state index contributed by atoms with van der Waals surface area (Å²) in [6, 6.07) is 21.5.